The molecule has 0 radical (unpaired) electrons. The minimum absolute atomic E-state index is 0.00250. The molecule has 0 bridgehead atoms. The second kappa shape index (κ2) is 7.99. The van der Waals surface area contributed by atoms with E-state index in [0.717, 1.165) is 19.3 Å². The van der Waals surface area contributed by atoms with Gasteiger partial charge >= 0.3 is 12.0 Å². The van der Waals surface area contributed by atoms with Crippen LogP contribution in [0.2, 0.25) is 0 Å². The Hall–Kier alpha value is -2.04. The zero-order valence-corrected chi connectivity index (χ0v) is 14.1. The third-order valence-electron chi connectivity index (χ3n) is 4.17. The van der Waals surface area contributed by atoms with Gasteiger partial charge in [0.2, 0.25) is 0 Å². The fourth-order valence-electron chi connectivity index (χ4n) is 3.09. The lowest BCUT2D eigenvalue weighted by atomic mass is 9.88. The van der Waals surface area contributed by atoms with Crippen molar-refractivity contribution >= 4 is 12.0 Å². The van der Waals surface area contributed by atoms with Gasteiger partial charge in [-0.1, -0.05) is 38.1 Å². The third kappa shape index (κ3) is 4.71. The first-order chi connectivity index (χ1) is 11.0. The Bertz CT molecular complexity index is 557. The van der Waals surface area contributed by atoms with Crippen molar-refractivity contribution in [2.75, 3.05) is 7.11 Å². The molecule has 1 aliphatic carbocycles. The van der Waals surface area contributed by atoms with Gasteiger partial charge in [-0.3, -0.25) is 0 Å². The molecule has 1 aromatic carbocycles. The largest absolute Gasteiger partial charge is 0.467 e. The number of benzene rings is 1. The first-order valence-corrected chi connectivity index (χ1v) is 8.24. The van der Waals surface area contributed by atoms with Crippen molar-refractivity contribution in [1.29, 1.82) is 0 Å². The van der Waals surface area contributed by atoms with Crippen LogP contribution >= 0.6 is 0 Å². The van der Waals surface area contributed by atoms with Crippen molar-refractivity contribution in [3.05, 3.63) is 35.4 Å². The Kier molecular flexibility index (Phi) is 6.02. The zero-order valence-electron chi connectivity index (χ0n) is 14.1. The molecule has 1 aromatic rings. The van der Waals surface area contributed by atoms with Crippen LogP contribution in [0.5, 0.6) is 0 Å². The molecule has 0 spiro atoms. The number of hydrogen-bond acceptors (Lipinski definition) is 3. The quantitative estimate of drug-likeness (QED) is 0.820. The third-order valence-corrected chi connectivity index (χ3v) is 4.17. The number of esters is 1. The van der Waals surface area contributed by atoms with Crippen LogP contribution in [-0.2, 0) is 16.0 Å². The number of methoxy groups -OCH3 is 1. The molecule has 0 aliphatic heterocycles. The Morgan fingerprint density at radius 2 is 2.04 bits per heavy atom. The highest BCUT2D eigenvalue weighted by atomic mass is 16.5. The Balaban J connectivity index is 2.00. The summed E-state index contributed by atoms with van der Waals surface area (Å²) in [6.45, 7) is 4.01. The second-order valence-corrected chi connectivity index (χ2v) is 6.47. The average molecular weight is 318 g/mol. The lowest BCUT2D eigenvalue weighted by Crippen LogP contribution is -2.48. The number of ether oxygens (including phenoxy) is 1. The minimum atomic E-state index is -0.612. The van der Waals surface area contributed by atoms with E-state index >= 15 is 0 Å². The van der Waals surface area contributed by atoms with E-state index in [1.54, 1.807) is 0 Å². The second-order valence-electron chi connectivity index (χ2n) is 6.47. The normalized spacial score (nSPS) is 18.0. The average Bonchev–Trinajstić information content (AvgIpc) is 2.53. The first kappa shape index (κ1) is 17.3. The lowest BCUT2D eigenvalue weighted by Gasteiger charge is -2.27. The molecule has 5 nitrogen and oxygen atoms in total. The standard InChI is InChI=1S/C18H26N2O3/c1-12(2)11-16(17(21)23-3)20-18(22)19-15-10-6-8-13-7-4-5-9-14(13)15/h4-5,7,9,12,15-16H,6,8,10-11H2,1-3H3,(H2,19,20,22)/t15?,16-/m0/s1. The van der Waals surface area contributed by atoms with Crippen LogP contribution in [0.15, 0.2) is 24.3 Å². The van der Waals surface area contributed by atoms with E-state index in [1.165, 1.54) is 18.2 Å². The number of nitrogens with one attached hydrogen (secondary N) is 2. The van der Waals surface area contributed by atoms with Gasteiger partial charge in [-0.2, -0.15) is 0 Å². The number of amides is 2. The summed E-state index contributed by atoms with van der Waals surface area (Å²) in [4.78, 5) is 24.1. The first-order valence-electron chi connectivity index (χ1n) is 8.24. The molecular weight excluding hydrogens is 292 g/mol. The smallest absolute Gasteiger partial charge is 0.328 e. The van der Waals surface area contributed by atoms with Crippen LogP contribution in [0, 0.1) is 5.92 Å². The predicted octanol–water partition coefficient (Wildman–Crippen LogP) is 2.95. The summed E-state index contributed by atoms with van der Waals surface area (Å²) in [5.41, 5.74) is 2.46. The van der Waals surface area contributed by atoms with Crippen LogP contribution in [0.1, 0.15) is 50.3 Å². The summed E-state index contributed by atoms with van der Waals surface area (Å²) >= 11 is 0. The van der Waals surface area contributed by atoms with E-state index < -0.39 is 12.0 Å². The topological polar surface area (TPSA) is 67.4 Å². The molecule has 2 N–H and O–H groups in total. The minimum Gasteiger partial charge on any atom is -0.467 e. The zero-order chi connectivity index (χ0) is 16.8. The molecule has 0 heterocycles. The van der Waals surface area contributed by atoms with Crippen LogP contribution in [0.4, 0.5) is 4.79 Å². The molecule has 0 fully saturated rings. The highest BCUT2D eigenvalue weighted by molar-refractivity contribution is 5.83. The molecule has 2 atom stereocenters. The van der Waals surface area contributed by atoms with E-state index in [0.29, 0.717) is 6.42 Å². The number of hydrogen-bond donors (Lipinski definition) is 2. The molecule has 2 amide bonds. The van der Waals surface area contributed by atoms with Crippen molar-refractivity contribution in [2.45, 2.75) is 51.6 Å². The fourth-order valence-corrected chi connectivity index (χ4v) is 3.09. The van der Waals surface area contributed by atoms with Gasteiger partial charge in [0.05, 0.1) is 13.2 Å². The number of rotatable bonds is 5. The van der Waals surface area contributed by atoms with E-state index in [4.69, 9.17) is 4.74 Å². The highest BCUT2D eigenvalue weighted by Crippen LogP contribution is 2.29. The highest BCUT2D eigenvalue weighted by Gasteiger charge is 2.25. The van der Waals surface area contributed by atoms with Crippen LogP contribution in [0.25, 0.3) is 0 Å². The molecule has 23 heavy (non-hydrogen) atoms. The molecule has 0 saturated heterocycles. The molecular formula is C18H26N2O3. The van der Waals surface area contributed by atoms with Crippen molar-refractivity contribution in [1.82, 2.24) is 10.6 Å². The maximum Gasteiger partial charge on any atom is 0.328 e. The maximum atomic E-state index is 12.3. The Labute approximate surface area is 137 Å². The summed E-state index contributed by atoms with van der Waals surface area (Å²) < 4.78 is 4.78. The van der Waals surface area contributed by atoms with E-state index in [1.807, 2.05) is 26.0 Å². The summed E-state index contributed by atoms with van der Waals surface area (Å²) in [7, 11) is 1.34. The Morgan fingerprint density at radius 3 is 2.74 bits per heavy atom. The summed E-state index contributed by atoms with van der Waals surface area (Å²) in [6, 6.07) is 7.26. The van der Waals surface area contributed by atoms with E-state index in [-0.39, 0.29) is 18.0 Å². The van der Waals surface area contributed by atoms with Crippen LogP contribution in [-0.4, -0.2) is 25.2 Å². The van der Waals surface area contributed by atoms with Gasteiger partial charge in [0, 0.05) is 0 Å². The van der Waals surface area contributed by atoms with Gasteiger partial charge < -0.3 is 15.4 Å². The molecule has 1 aliphatic rings. The number of carbonyl (C=O) groups is 2. The van der Waals surface area contributed by atoms with Crippen molar-refractivity contribution in [2.24, 2.45) is 5.92 Å². The van der Waals surface area contributed by atoms with Gasteiger partial charge in [-0.05, 0) is 42.7 Å². The summed E-state index contributed by atoms with van der Waals surface area (Å²) in [6.07, 6.45) is 3.57. The SMILES string of the molecule is COC(=O)[C@H](CC(C)C)NC(=O)NC1CCCc2ccccc21. The fraction of sp³-hybridized carbons (Fsp3) is 0.556. The van der Waals surface area contributed by atoms with Gasteiger partial charge in [0.15, 0.2) is 0 Å². The predicted molar refractivity (Wildman–Crippen MR) is 89.0 cm³/mol. The number of aryl methyl sites for hydroxylation is 1. The molecule has 0 aromatic heterocycles. The Morgan fingerprint density at radius 1 is 1.30 bits per heavy atom. The van der Waals surface area contributed by atoms with Crippen molar-refractivity contribution in [3.63, 3.8) is 0 Å². The van der Waals surface area contributed by atoms with Crippen LogP contribution in [0.3, 0.4) is 0 Å². The molecule has 126 valence electrons. The van der Waals surface area contributed by atoms with E-state index in [9.17, 15) is 9.59 Å². The van der Waals surface area contributed by atoms with Gasteiger partial charge in [-0.15, -0.1) is 0 Å². The molecule has 0 saturated carbocycles. The van der Waals surface area contributed by atoms with E-state index in [2.05, 4.69) is 22.8 Å². The van der Waals surface area contributed by atoms with Gasteiger partial charge in [-0.25, -0.2) is 9.59 Å². The van der Waals surface area contributed by atoms with Gasteiger partial charge in [0.1, 0.15) is 6.04 Å². The number of urea groups is 1. The molecule has 1 unspecified atom stereocenters. The molecule has 2 rings (SSSR count). The van der Waals surface area contributed by atoms with Gasteiger partial charge in [0.25, 0.3) is 0 Å². The summed E-state index contributed by atoms with van der Waals surface area (Å²) in [5.74, 6) is -0.118. The summed E-state index contributed by atoms with van der Waals surface area (Å²) in [5, 5.41) is 5.75. The number of fused-ring (bicyclic) bond motifs is 1. The maximum absolute atomic E-state index is 12.3. The lowest BCUT2D eigenvalue weighted by molar-refractivity contribution is -0.143. The van der Waals surface area contributed by atoms with Crippen LogP contribution < -0.4 is 10.6 Å². The van der Waals surface area contributed by atoms with Crippen molar-refractivity contribution in [3.8, 4) is 0 Å². The number of carbonyl (C=O) groups excluding carboxylic acids is 2. The monoisotopic (exact) mass is 318 g/mol. The van der Waals surface area contributed by atoms with Crippen molar-refractivity contribution < 1.29 is 14.3 Å². The molecule has 5 heteroatoms.